The summed E-state index contributed by atoms with van der Waals surface area (Å²) in [4.78, 5) is 0. The van der Waals surface area contributed by atoms with Gasteiger partial charge in [-0.3, -0.25) is 0 Å². The third-order valence-corrected chi connectivity index (χ3v) is 5.83. The van der Waals surface area contributed by atoms with Gasteiger partial charge in [0.05, 0.1) is 11.6 Å². The van der Waals surface area contributed by atoms with Crippen molar-refractivity contribution in [2.75, 3.05) is 5.32 Å². The molecule has 0 radical (unpaired) electrons. The predicted octanol–water partition coefficient (Wildman–Crippen LogP) is 6.83. The zero-order valence-corrected chi connectivity index (χ0v) is 15.8. The minimum absolute atomic E-state index is 0.0239. The lowest BCUT2D eigenvalue weighted by atomic mass is 9.76. The summed E-state index contributed by atoms with van der Waals surface area (Å²) in [5, 5.41) is 3.51. The molecule has 0 spiro atoms. The molecule has 1 heterocycles. The fraction of sp³-hybridized carbons (Fsp3) is 0.391. The maximum absolute atomic E-state index is 13.1. The molecule has 0 saturated carbocycles. The number of hydrogen-bond donors (Lipinski definition) is 1. The molecule has 2 aliphatic rings. The lowest BCUT2D eigenvalue weighted by Gasteiger charge is -2.38. The molecule has 1 aliphatic heterocycles. The first-order valence-corrected chi connectivity index (χ1v) is 9.39. The largest absolute Gasteiger partial charge is 0.416 e. The van der Waals surface area contributed by atoms with E-state index in [-0.39, 0.29) is 23.3 Å². The second-order valence-corrected chi connectivity index (χ2v) is 8.65. The van der Waals surface area contributed by atoms with E-state index in [1.165, 1.54) is 23.3 Å². The molecule has 0 aromatic heterocycles. The van der Waals surface area contributed by atoms with Crippen molar-refractivity contribution in [1.82, 2.24) is 0 Å². The summed E-state index contributed by atoms with van der Waals surface area (Å²) in [7, 11) is 0. The normalized spacial score (nSPS) is 24.3. The summed E-state index contributed by atoms with van der Waals surface area (Å²) < 4.78 is 39.4. The zero-order chi connectivity index (χ0) is 19.4. The van der Waals surface area contributed by atoms with Crippen molar-refractivity contribution in [2.45, 2.75) is 50.7 Å². The quantitative estimate of drug-likeness (QED) is 0.542. The molecule has 0 fully saturated rings. The van der Waals surface area contributed by atoms with E-state index in [0.717, 1.165) is 17.7 Å². The summed E-state index contributed by atoms with van der Waals surface area (Å²) in [6.45, 7) is 6.56. The lowest BCUT2D eigenvalue weighted by Crippen LogP contribution is -2.29. The molecule has 4 heteroatoms. The van der Waals surface area contributed by atoms with Gasteiger partial charge in [-0.05, 0) is 52.6 Å². The monoisotopic (exact) mass is 371 g/mol. The van der Waals surface area contributed by atoms with Crippen LogP contribution in [0.5, 0.6) is 0 Å². The third-order valence-electron chi connectivity index (χ3n) is 5.83. The highest BCUT2D eigenvalue weighted by molar-refractivity contribution is 5.61. The standard InChI is InChI=1S/C23H24F3N/c1-22(2,3)15-9-7-14(8-10-15)21-18-6-4-5-17(18)19-13-16(23(24,25)26)11-12-20(19)27-21/h4-5,7-13,17-18,21,27H,6H2,1-3H3/t17-,18-,21-/m0/s1. The molecule has 2 aromatic carbocycles. The number of allylic oxidation sites excluding steroid dienone is 2. The Bertz CT molecular complexity index is 872. The van der Waals surface area contributed by atoms with Crippen molar-refractivity contribution in [3.8, 4) is 0 Å². The van der Waals surface area contributed by atoms with E-state index >= 15 is 0 Å². The van der Waals surface area contributed by atoms with Crippen LogP contribution in [0.15, 0.2) is 54.6 Å². The molecular formula is C23H24F3N. The summed E-state index contributed by atoms with van der Waals surface area (Å²) in [6, 6.07) is 12.8. The maximum atomic E-state index is 13.1. The Morgan fingerprint density at radius 2 is 1.59 bits per heavy atom. The van der Waals surface area contributed by atoms with Gasteiger partial charge < -0.3 is 5.32 Å². The zero-order valence-electron chi connectivity index (χ0n) is 15.8. The molecule has 3 atom stereocenters. The molecule has 27 heavy (non-hydrogen) atoms. The molecule has 0 amide bonds. The van der Waals surface area contributed by atoms with Crippen molar-refractivity contribution in [2.24, 2.45) is 5.92 Å². The van der Waals surface area contributed by atoms with Crippen molar-refractivity contribution < 1.29 is 13.2 Å². The van der Waals surface area contributed by atoms with Gasteiger partial charge in [0, 0.05) is 11.6 Å². The molecule has 142 valence electrons. The first-order chi connectivity index (χ1) is 12.6. The van der Waals surface area contributed by atoms with Crippen LogP contribution in [0, 0.1) is 5.92 Å². The average Bonchev–Trinajstić information content (AvgIpc) is 3.09. The predicted molar refractivity (Wildman–Crippen MR) is 103 cm³/mol. The Hall–Kier alpha value is -2.23. The van der Waals surface area contributed by atoms with Crippen LogP contribution in [0.4, 0.5) is 18.9 Å². The topological polar surface area (TPSA) is 12.0 Å². The number of benzene rings is 2. The van der Waals surface area contributed by atoms with Gasteiger partial charge >= 0.3 is 6.18 Å². The van der Waals surface area contributed by atoms with Gasteiger partial charge in [-0.25, -0.2) is 0 Å². The van der Waals surface area contributed by atoms with E-state index in [1.807, 2.05) is 0 Å². The SMILES string of the molecule is CC(C)(C)c1ccc([C@@H]2Nc3ccc(C(F)(F)F)cc3[C@H]3C=CC[C@@H]32)cc1. The van der Waals surface area contributed by atoms with Crippen LogP contribution in [0.1, 0.15) is 61.4 Å². The molecule has 0 saturated heterocycles. The second-order valence-electron chi connectivity index (χ2n) is 8.65. The highest BCUT2D eigenvalue weighted by Gasteiger charge is 2.40. The molecule has 4 rings (SSSR count). The molecule has 1 nitrogen and oxygen atoms in total. The van der Waals surface area contributed by atoms with E-state index in [4.69, 9.17) is 0 Å². The van der Waals surface area contributed by atoms with Gasteiger partial charge in [-0.15, -0.1) is 0 Å². The van der Waals surface area contributed by atoms with Crippen molar-refractivity contribution in [1.29, 1.82) is 0 Å². The van der Waals surface area contributed by atoms with Crippen LogP contribution in [0.25, 0.3) is 0 Å². The summed E-state index contributed by atoms with van der Waals surface area (Å²) >= 11 is 0. The number of fused-ring (bicyclic) bond motifs is 3. The van der Waals surface area contributed by atoms with Gasteiger partial charge in [0.15, 0.2) is 0 Å². The number of rotatable bonds is 1. The Labute approximate surface area is 158 Å². The maximum Gasteiger partial charge on any atom is 0.416 e. The van der Waals surface area contributed by atoms with Crippen LogP contribution >= 0.6 is 0 Å². The highest BCUT2D eigenvalue weighted by Crippen LogP contribution is 2.50. The van der Waals surface area contributed by atoms with Gasteiger partial charge in [-0.1, -0.05) is 57.2 Å². The lowest BCUT2D eigenvalue weighted by molar-refractivity contribution is -0.137. The van der Waals surface area contributed by atoms with Crippen LogP contribution in [-0.4, -0.2) is 0 Å². The minimum Gasteiger partial charge on any atom is -0.378 e. The van der Waals surface area contributed by atoms with Gasteiger partial charge in [0.1, 0.15) is 0 Å². The summed E-state index contributed by atoms with van der Waals surface area (Å²) in [6.07, 6.45) is 0.732. The number of anilines is 1. The van der Waals surface area contributed by atoms with E-state index in [2.05, 4.69) is 62.5 Å². The number of hydrogen-bond acceptors (Lipinski definition) is 1. The minimum atomic E-state index is -4.31. The Morgan fingerprint density at radius 3 is 2.22 bits per heavy atom. The Balaban J connectivity index is 1.70. The van der Waals surface area contributed by atoms with Gasteiger partial charge in [0.25, 0.3) is 0 Å². The van der Waals surface area contributed by atoms with Gasteiger partial charge in [0.2, 0.25) is 0 Å². The van der Waals surface area contributed by atoms with E-state index in [9.17, 15) is 13.2 Å². The Kier molecular flexibility index (Phi) is 4.13. The van der Waals surface area contributed by atoms with Crippen LogP contribution in [0.3, 0.4) is 0 Å². The first kappa shape index (κ1) is 18.1. The van der Waals surface area contributed by atoms with Crippen LogP contribution in [-0.2, 0) is 11.6 Å². The van der Waals surface area contributed by atoms with Gasteiger partial charge in [-0.2, -0.15) is 13.2 Å². The first-order valence-electron chi connectivity index (χ1n) is 9.39. The Morgan fingerprint density at radius 1 is 0.926 bits per heavy atom. The smallest absolute Gasteiger partial charge is 0.378 e. The van der Waals surface area contributed by atoms with E-state index in [0.29, 0.717) is 0 Å². The number of alkyl halides is 3. The third kappa shape index (κ3) is 3.26. The van der Waals surface area contributed by atoms with Crippen molar-refractivity contribution in [3.63, 3.8) is 0 Å². The summed E-state index contributed by atoms with van der Waals surface area (Å²) in [5.41, 5.74) is 3.55. The fourth-order valence-electron chi connectivity index (χ4n) is 4.29. The molecule has 0 unspecified atom stereocenters. The van der Waals surface area contributed by atoms with Crippen LogP contribution in [0.2, 0.25) is 0 Å². The van der Waals surface area contributed by atoms with E-state index < -0.39 is 11.7 Å². The van der Waals surface area contributed by atoms with Crippen molar-refractivity contribution in [3.05, 3.63) is 76.9 Å². The molecular weight excluding hydrogens is 347 g/mol. The molecule has 1 N–H and O–H groups in total. The fourth-order valence-corrected chi connectivity index (χ4v) is 4.29. The molecule has 1 aliphatic carbocycles. The molecule has 0 bridgehead atoms. The average molecular weight is 371 g/mol. The molecule has 2 aromatic rings. The number of nitrogens with one attached hydrogen (secondary N) is 1. The van der Waals surface area contributed by atoms with Crippen molar-refractivity contribution >= 4 is 5.69 Å². The van der Waals surface area contributed by atoms with Crippen LogP contribution < -0.4 is 5.32 Å². The second kappa shape index (κ2) is 6.15. The summed E-state index contributed by atoms with van der Waals surface area (Å²) in [5.74, 6) is 0.261. The highest BCUT2D eigenvalue weighted by atomic mass is 19.4. The van der Waals surface area contributed by atoms with E-state index in [1.54, 1.807) is 6.07 Å². The number of halogens is 3.